The zero-order valence-corrected chi connectivity index (χ0v) is 15.7. The van der Waals surface area contributed by atoms with Crippen LogP contribution in [0.1, 0.15) is 30.9 Å². The van der Waals surface area contributed by atoms with Crippen LogP contribution in [0, 0.1) is 0 Å². The van der Waals surface area contributed by atoms with Crippen LogP contribution in [0.2, 0.25) is 0 Å². The molecule has 1 heterocycles. The van der Waals surface area contributed by atoms with E-state index in [2.05, 4.69) is 79.3 Å². The van der Waals surface area contributed by atoms with E-state index in [4.69, 9.17) is 4.74 Å². The van der Waals surface area contributed by atoms with Crippen molar-refractivity contribution in [1.82, 2.24) is 4.90 Å². The fraction of sp³-hybridized carbons (Fsp3) is 0.455. The van der Waals surface area contributed by atoms with E-state index in [1.807, 2.05) is 0 Å². The van der Waals surface area contributed by atoms with Gasteiger partial charge >= 0.3 is 0 Å². The molecule has 2 aromatic rings. The second kappa shape index (κ2) is 8.39. The van der Waals surface area contributed by atoms with E-state index in [0.717, 1.165) is 25.3 Å². The van der Waals surface area contributed by atoms with Gasteiger partial charge in [0, 0.05) is 37.3 Å². The number of hydrogen-bond acceptors (Lipinski definition) is 3. The molecule has 1 aliphatic rings. The Balaban J connectivity index is 1.75. The molecule has 1 aliphatic heterocycles. The van der Waals surface area contributed by atoms with Crippen LogP contribution in [-0.2, 0) is 6.42 Å². The Morgan fingerprint density at radius 1 is 1.04 bits per heavy atom. The molecule has 3 nitrogen and oxygen atoms in total. The number of ether oxygens (including phenoxy) is 1. The first-order valence-electron chi connectivity index (χ1n) is 9.38. The summed E-state index contributed by atoms with van der Waals surface area (Å²) in [6.45, 7) is 4.99. The molecule has 0 atom stereocenters. The lowest BCUT2D eigenvalue weighted by atomic mass is 10.0. The highest BCUT2D eigenvalue weighted by atomic mass is 16.5. The summed E-state index contributed by atoms with van der Waals surface area (Å²) in [5.41, 5.74) is 3.88. The Morgan fingerprint density at radius 3 is 2.40 bits per heavy atom. The van der Waals surface area contributed by atoms with Crippen molar-refractivity contribution < 1.29 is 4.74 Å². The third kappa shape index (κ3) is 4.55. The van der Waals surface area contributed by atoms with Crippen LogP contribution in [0.4, 0.5) is 5.69 Å². The van der Waals surface area contributed by atoms with E-state index in [1.165, 1.54) is 29.7 Å². The molecular weight excluding hydrogens is 308 g/mol. The quantitative estimate of drug-likeness (QED) is 0.785. The summed E-state index contributed by atoms with van der Waals surface area (Å²) >= 11 is 0. The van der Waals surface area contributed by atoms with Gasteiger partial charge in [-0.2, -0.15) is 0 Å². The van der Waals surface area contributed by atoms with Crippen molar-refractivity contribution in [2.75, 3.05) is 38.7 Å². The summed E-state index contributed by atoms with van der Waals surface area (Å²) in [6.07, 6.45) is 3.37. The van der Waals surface area contributed by atoms with Crippen molar-refractivity contribution >= 4 is 5.69 Å². The van der Waals surface area contributed by atoms with E-state index >= 15 is 0 Å². The van der Waals surface area contributed by atoms with Crippen LogP contribution in [0.15, 0.2) is 48.5 Å². The lowest BCUT2D eigenvalue weighted by molar-refractivity contribution is 0.249. The maximum atomic E-state index is 5.97. The maximum Gasteiger partial charge on any atom is 0.124 e. The average Bonchev–Trinajstić information content (AvgIpc) is 2.64. The largest absolute Gasteiger partial charge is 0.494 e. The smallest absolute Gasteiger partial charge is 0.124 e. The first kappa shape index (κ1) is 17.8. The Morgan fingerprint density at radius 2 is 1.76 bits per heavy atom. The molecule has 1 saturated heterocycles. The zero-order valence-electron chi connectivity index (χ0n) is 15.7. The van der Waals surface area contributed by atoms with Crippen LogP contribution >= 0.6 is 0 Å². The molecule has 134 valence electrons. The van der Waals surface area contributed by atoms with Gasteiger partial charge in [0.05, 0.1) is 6.61 Å². The van der Waals surface area contributed by atoms with Gasteiger partial charge in [0.2, 0.25) is 0 Å². The summed E-state index contributed by atoms with van der Waals surface area (Å²) < 4.78 is 5.97. The standard InChI is InChI=1S/C22H30N2O/c1-4-25-22-17-21(24-14-12-20(13-15-24)23(2)3)11-10-19(22)16-18-8-6-5-7-9-18/h5-11,17,20H,4,12-16H2,1-3H3. The Kier molecular flexibility index (Phi) is 5.98. The van der Waals surface area contributed by atoms with Gasteiger partial charge in [-0.15, -0.1) is 0 Å². The lowest BCUT2D eigenvalue weighted by Crippen LogP contribution is -2.42. The maximum absolute atomic E-state index is 5.97. The molecule has 0 aliphatic carbocycles. The number of piperidine rings is 1. The van der Waals surface area contributed by atoms with Gasteiger partial charge in [0.15, 0.2) is 0 Å². The third-order valence-electron chi connectivity index (χ3n) is 5.15. The van der Waals surface area contributed by atoms with Gasteiger partial charge < -0.3 is 14.5 Å². The minimum atomic E-state index is 0.702. The molecule has 0 amide bonds. The average molecular weight is 338 g/mol. The minimum absolute atomic E-state index is 0.702. The molecule has 1 fully saturated rings. The van der Waals surface area contributed by atoms with Gasteiger partial charge in [-0.3, -0.25) is 0 Å². The van der Waals surface area contributed by atoms with Gasteiger partial charge in [0.25, 0.3) is 0 Å². The van der Waals surface area contributed by atoms with Gasteiger partial charge in [0.1, 0.15) is 5.75 Å². The van der Waals surface area contributed by atoms with Crippen molar-refractivity contribution in [2.24, 2.45) is 0 Å². The molecule has 0 spiro atoms. The molecule has 3 heteroatoms. The summed E-state index contributed by atoms with van der Waals surface area (Å²) in [7, 11) is 4.37. The highest BCUT2D eigenvalue weighted by molar-refractivity contribution is 5.55. The minimum Gasteiger partial charge on any atom is -0.494 e. The van der Waals surface area contributed by atoms with Crippen molar-refractivity contribution in [3.63, 3.8) is 0 Å². The first-order valence-corrected chi connectivity index (χ1v) is 9.38. The second-order valence-corrected chi connectivity index (χ2v) is 7.07. The van der Waals surface area contributed by atoms with E-state index < -0.39 is 0 Å². The third-order valence-corrected chi connectivity index (χ3v) is 5.15. The highest BCUT2D eigenvalue weighted by Crippen LogP contribution is 2.30. The van der Waals surface area contributed by atoms with Crippen LogP contribution in [-0.4, -0.2) is 44.7 Å². The fourth-order valence-electron chi connectivity index (χ4n) is 3.63. The molecule has 3 rings (SSSR count). The van der Waals surface area contributed by atoms with E-state index in [0.29, 0.717) is 12.6 Å². The highest BCUT2D eigenvalue weighted by Gasteiger charge is 2.21. The second-order valence-electron chi connectivity index (χ2n) is 7.07. The zero-order chi connectivity index (χ0) is 17.6. The number of hydrogen-bond donors (Lipinski definition) is 0. The first-order chi connectivity index (χ1) is 12.2. The molecule has 2 aromatic carbocycles. The van der Waals surface area contributed by atoms with Gasteiger partial charge in [-0.25, -0.2) is 0 Å². The summed E-state index contributed by atoms with van der Waals surface area (Å²) in [5, 5.41) is 0. The number of rotatable bonds is 6. The van der Waals surface area contributed by atoms with Crippen LogP contribution < -0.4 is 9.64 Å². The summed E-state index contributed by atoms with van der Waals surface area (Å²) in [6, 6.07) is 18.1. The number of anilines is 1. The van der Waals surface area contributed by atoms with Crippen molar-refractivity contribution in [1.29, 1.82) is 0 Å². The molecule has 25 heavy (non-hydrogen) atoms. The summed E-state index contributed by atoms with van der Waals surface area (Å²) in [4.78, 5) is 4.85. The number of benzene rings is 2. The van der Waals surface area contributed by atoms with Crippen LogP contribution in [0.5, 0.6) is 5.75 Å². The molecule has 0 unspecified atom stereocenters. The summed E-state index contributed by atoms with van der Waals surface area (Å²) in [5.74, 6) is 1.03. The van der Waals surface area contributed by atoms with Gasteiger partial charge in [-0.1, -0.05) is 36.4 Å². The molecule has 0 aromatic heterocycles. The predicted octanol–water partition coefficient (Wildman–Crippen LogP) is 4.21. The van der Waals surface area contributed by atoms with Gasteiger partial charge in [-0.05, 0) is 51.1 Å². The normalized spacial score (nSPS) is 15.6. The lowest BCUT2D eigenvalue weighted by Gasteiger charge is -2.36. The monoisotopic (exact) mass is 338 g/mol. The van der Waals surface area contributed by atoms with Crippen LogP contribution in [0.25, 0.3) is 0 Å². The van der Waals surface area contributed by atoms with E-state index in [9.17, 15) is 0 Å². The number of nitrogens with zero attached hydrogens (tertiary/aromatic N) is 2. The Bertz CT molecular complexity index is 661. The molecule has 0 N–H and O–H groups in total. The fourth-order valence-corrected chi connectivity index (χ4v) is 3.63. The Labute approximate surface area is 152 Å². The van der Waals surface area contributed by atoms with Crippen molar-refractivity contribution in [3.05, 3.63) is 59.7 Å². The molecule has 0 saturated carbocycles. The molecular formula is C22H30N2O. The SMILES string of the molecule is CCOc1cc(N2CCC(N(C)C)CC2)ccc1Cc1ccccc1. The van der Waals surface area contributed by atoms with Crippen molar-refractivity contribution in [2.45, 2.75) is 32.2 Å². The molecule has 0 radical (unpaired) electrons. The topological polar surface area (TPSA) is 15.7 Å². The van der Waals surface area contributed by atoms with E-state index in [-0.39, 0.29) is 0 Å². The Hall–Kier alpha value is -2.00. The molecule has 0 bridgehead atoms. The van der Waals surface area contributed by atoms with Crippen LogP contribution in [0.3, 0.4) is 0 Å². The van der Waals surface area contributed by atoms with E-state index in [1.54, 1.807) is 0 Å². The van der Waals surface area contributed by atoms with Crippen molar-refractivity contribution in [3.8, 4) is 5.75 Å². The predicted molar refractivity (Wildman–Crippen MR) is 106 cm³/mol.